The maximum absolute atomic E-state index is 10.6. The molecule has 4 nitrogen and oxygen atoms in total. The number of likely N-dealkylation sites (N-methyl/N-ethyl adjacent to an activating group) is 1. The number of hydrogen-bond acceptors (Lipinski definition) is 4. The third-order valence-electron chi connectivity index (χ3n) is 2.29. The van der Waals surface area contributed by atoms with Gasteiger partial charge in [-0.1, -0.05) is 0 Å². The normalized spacial score (nSPS) is 9.50. The molecule has 1 aromatic carbocycles. The zero-order valence-corrected chi connectivity index (χ0v) is 9.31. The Bertz CT molecular complexity index is 367. The zero-order chi connectivity index (χ0) is 11.8. The SMILES string of the molecule is CNCCN(CC=O)c1ccc(C#N)cc1. The minimum atomic E-state index is 0.369. The summed E-state index contributed by atoms with van der Waals surface area (Å²) < 4.78 is 0. The fourth-order valence-electron chi connectivity index (χ4n) is 1.41. The summed E-state index contributed by atoms with van der Waals surface area (Å²) in [6.07, 6.45) is 0.883. The van der Waals surface area contributed by atoms with E-state index in [2.05, 4.69) is 11.4 Å². The molecule has 0 aromatic heterocycles. The fourth-order valence-corrected chi connectivity index (χ4v) is 1.41. The molecule has 0 aliphatic rings. The Morgan fingerprint density at radius 2 is 2.12 bits per heavy atom. The van der Waals surface area contributed by atoms with E-state index in [1.54, 1.807) is 12.1 Å². The summed E-state index contributed by atoms with van der Waals surface area (Å²) in [4.78, 5) is 12.5. The van der Waals surface area contributed by atoms with Crippen LogP contribution in [0.1, 0.15) is 5.56 Å². The molecule has 1 aromatic rings. The van der Waals surface area contributed by atoms with E-state index in [0.717, 1.165) is 25.1 Å². The molecule has 1 rings (SSSR count). The molecule has 0 spiro atoms. The lowest BCUT2D eigenvalue weighted by molar-refractivity contribution is -0.106. The highest BCUT2D eigenvalue weighted by Crippen LogP contribution is 2.13. The van der Waals surface area contributed by atoms with E-state index >= 15 is 0 Å². The number of hydrogen-bond donors (Lipinski definition) is 1. The van der Waals surface area contributed by atoms with Crippen molar-refractivity contribution in [1.29, 1.82) is 5.26 Å². The Labute approximate surface area is 95.5 Å². The molecule has 0 amide bonds. The molecule has 0 saturated heterocycles. The van der Waals surface area contributed by atoms with Gasteiger partial charge in [-0.15, -0.1) is 0 Å². The minimum absolute atomic E-state index is 0.369. The second-order valence-corrected chi connectivity index (χ2v) is 3.37. The quantitative estimate of drug-likeness (QED) is 0.715. The van der Waals surface area contributed by atoms with Crippen molar-refractivity contribution in [2.45, 2.75) is 0 Å². The molecule has 84 valence electrons. The second kappa shape index (κ2) is 6.59. The van der Waals surface area contributed by atoms with E-state index in [1.165, 1.54) is 0 Å². The molecule has 0 bridgehead atoms. The minimum Gasteiger partial charge on any atom is -0.363 e. The van der Waals surface area contributed by atoms with Crippen molar-refractivity contribution in [2.75, 3.05) is 31.6 Å². The maximum Gasteiger partial charge on any atom is 0.139 e. The van der Waals surface area contributed by atoms with E-state index in [4.69, 9.17) is 5.26 Å². The number of benzene rings is 1. The van der Waals surface area contributed by atoms with E-state index in [9.17, 15) is 4.79 Å². The molecule has 1 N–H and O–H groups in total. The van der Waals surface area contributed by atoms with Crippen molar-refractivity contribution in [1.82, 2.24) is 5.32 Å². The van der Waals surface area contributed by atoms with Crippen LogP contribution in [0.15, 0.2) is 24.3 Å². The van der Waals surface area contributed by atoms with Gasteiger partial charge < -0.3 is 15.0 Å². The van der Waals surface area contributed by atoms with Crippen LogP contribution in [0.5, 0.6) is 0 Å². The highest BCUT2D eigenvalue weighted by molar-refractivity contribution is 5.61. The lowest BCUT2D eigenvalue weighted by Crippen LogP contribution is -2.32. The van der Waals surface area contributed by atoms with Gasteiger partial charge in [0, 0.05) is 18.8 Å². The van der Waals surface area contributed by atoms with Gasteiger partial charge >= 0.3 is 0 Å². The molecule has 0 radical (unpaired) electrons. The molecule has 0 heterocycles. The average molecular weight is 217 g/mol. The number of nitrogens with one attached hydrogen (secondary N) is 1. The van der Waals surface area contributed by atoms with Gasteiger partial charge in [0.15, 0.2) is 0 Å². The van der Waals surface area contributed by atoms with Crippen LogP contribution in [0.2, 0.25) is 0 Å². The highest BCUT2D eigenvalue weighted by Gasteiger charge is 2.04. The first-order valence-electron chi connectivity index (χ1n) is 5.15. The van der Waals surface area contributed by atoms with Gasteiger partial charge in [0.2, 0.25) is 0 Å². The van der Waals surface area contributed by atoms with Gasteiger partial charge in [-0.3, -0.25) is 0 Å². The molecule has 16 heavy (non-hydrogen) atoms. The first kappa shape index (κ1) is 12.2. The lowest BCUT2D eigenvalue weighted by atomic mass is 10.2. The maximum atomic E-state index is 10.6. The zero-order valence-electron chi connectivity index (χ0n) is 9.31. The summed E-state index contributed by atoms with van der Waals surface area (Å²) in [7, 11) is 1.87. The van der Waals surface area contributed by atoms with Gasteiger partial charge in [-0.2, -0.15) is 5.26 Å². The lowest BCUT2D eigenvalue weighted by Gasteiger charge is -2.22. The van der Waals surface area contributed by atoms with Crippen LogP contribution in [0, 0.1) is 11.3 Å². The predicted molar refractivity (Wildman–Crippen MR) is 63.4 cm³/mol. The molecule has 0 aliphatic carbocycles. The molecule has 0 aliphatic heterocycles. The highest BCUT2D eigenvalue weighted by atomic mass is 16.1. The number of rotatable bonds is 6. The molecule has 0 saturated carbocycles. The third kappa shape index (κ3) is 3.37. The molecule has 4 heteroatoms. The molecular formula is C12H15N3O. The van der Waals surface area contributed by atoms with Crippen molar-refractivity contribution in [3.05, 3.63) is 29.8 Å². The first-order chi connectivity index (χ1) is 7.81. The van der Waals surface area contributed by atoms with E-state index < -0.39 is 0 Å². The van der Waals surface area contributed by atoms with Crippen LogP contribution < -0.4 is 10.2 Å². The van der Waals surface area contributed by atoms with Crippen molar-refractivity contribution < 1.29 is 4.79 Å². The summed E-state index contributed by atoms with van der Waals surface area (Å²) in [6, 6.07) is 9.30. The first-order valence-corrected chi connectivity index (χ1v) is 5.15. The summed E-state index contributed by atoms with van der Waals surface area (Å²) in [6.45, 7) is 1.95. The average Bonchev–Trinajstić information content (AvgIpc) is 2.35. The van der Waals surface area contributed by atoms with Crippen LogP contribution in [0.3, 0.4) is 0 Å². The molecule has 0 fully saturated rings. The van der Waals surface area contributed by atoms with Crippen LogP contribution >= 0.6 is 0 Å². The summed E-state index contributed by atoms with van der Waals surface area (Å²) in [5.74, 6) is 0. The van der Waals surface area contributed by atoms with Crippen LogP contribution in [0.4, 0.5) is 5.69 Å². The summed E-state index contributed by atoms with van der Waals surface area (Å²) >= 11 is 0. The number of carbonyl (C=O) groups excluding carboxylic acids is 1. The Morgan fingerprint density at radius 1 is 1.44 bits per heavy atom. The van der Waals surface area contributed by atoms with Crippen molar-refractivity contribution in [3.63, 3.8) is 0 Å². The van der Waals surface area contributed by atoms with Gasteiger partial charge in [0.05, 0.1) is 18.2 Å². The van der Waals surface area contributed by atoms with Crippen LogP contribution in [0.25, 0.3) is 0 Å². The van der Waals surface area contributed by atoms with Crippen molar-refractivity contribution >= 4 is 12.0 Å². The largest absolute Gasteiger partial charge is 0.363 e. The Hall–Kier alpha value is -1.86. The second-order valence-electron chi connectivity index (χ2n) is 3.37. The number of aldehydes is 1. The monoisotopic (exact) mass is 217 g/mol. The number of anilines is 1. The van der Waals surface area contributed by atoms with Crippen LogP contribution in [-0.4, -0.2) is 33.0 Å². The standard InChI is InChI=1S/C12H15N3O/c1-14-6-7-15(8-9-16)12-4-2-11(10-13)3-5-12/h2-5,9,14H,6-8H2,1H3. The fraction of sp³-hybridized carbons (Fsp3) is 0.333. The Balaban J connectivity index is 2.75. The predicted octanol–water partition coefficient (Wildman–Crippen LogP) is 0.783. The van der Waals surface area contributed by atoms with E-state index in [1.807, 2.05) is 24.1 Å². The number of nitrogens with zero attached hydrogens (tertiary/aromatic N) is 2. The Morgan fingerprint density at radius 3 is 2.62 bits per heavy atom. The van der Waals surface area contributed by atoms with Crippen molar-refractivity contribution in [3.8, 4) is 6.07 Å². The van der Waals surface area contributed by atoms with Crippen molar-refractivity contribution in [2.24, 2.45) is 0 Å². The van der Waals surface area contributed by atoms with Gasteiger partial charge in [-0.25, -0.2) is 0 Å². The molecular weight excluding hydrogens is 202 g/mol. The summed E-state index contributed by atoms with van der Waals surface area (Å²) in [5.41, 5.74) is 1.59. The van der Waals surface area contributed by atoms with Gasteiger partial charge in [0.1, 0.15) is 6.29 Å². The third-order valence-corrected chi connectivity index (χ3v) is 2.29. The Kier molecular flexibility index (Phi) is 5.03. The number of carbonyl (C=O) groups is 1. The number of nitriles is 1. The summed E-state index contributed by atoms with van der Waals surface area (Å²) in [5, 5.41) is 11.7. The van der Waals surface area contributed by atoms with Gasteiger partial charge in [0.25, 0.3) is 0 Å². The van der Waals surface area contributed by atoms with E-state index in [-0.39, 0.29) is 0 Å². The van der Waals surface area contributed by atoms with E-state index in [0.29, 0.717) is 12.1 Å². The van der Waals surface area contributed by atoms with Gasteiger partial charge in [-0.05, 0) is 31.3 Å². The smallest absolute Gasteiger partial charge is 0.139 e. The van der Waals surface area contributed by atoms with Crippen LogP contribution in [-0.2, 0) is 4.79 Å². The topological polar surface area (TPSA) is 56.1 Å². The molecule has 0 unspecified atom stereocenters. The molecule has 0 atom stereocenters.